The number of hydrogen-bond acceptors (Lipinski definition) is 4. The summed E-state index contributed by atoms with van der Waals surface area (Å²) in [7, 11) is 0. The number of carbonyl (C=O) groups is 1. The summed E-state index contributed by atoms with van der Waals surface area (Å²) in [6.07, 6.45) is 3.33. The van der Waals surface area contributed by atoms with Gasteiger partial charge in [0.15, 0.2) is 0 Å². The highest BCUT2D eigenvalue weighted by Crippen LogP contribution is 2.26. The van der Waals surface area contributed by atoms with Gasteiger partial charge < -0.3 is 10.2 Å². The minimum atomic E-state index is -0.00813. The quantitative estimate of drug-likeness (QED) is 0.854. The lowest BCUT2D eigenvalue weighted by Crippen LogP contribution is -2.36. The molecule has 0 atom stereocenters. The molecule has 1 fully saturated rings. The normalized spacial score (nSPS) is 14.5. The third-order valence-corrected chi connectivity index (χ3v) is 4.74. The van der Waals surface area contributed by atoms with Crippen LogP contribution in [0, 0.1) is 13.8 Å². The van der Waals surface area contributed by atoms with E-state index in [1.54, 1.807) is 6.07 Å². The molecule has 1 saturated heterocycles. The molecule has 0 spiro atoms. The second kappa shape index (κ2) is 7.30. The van der Waals surface area contributed by atoms with E-state index in [2.05, 4.69) is 31.2 Å². The highest BCUT2D eigenvalue weighted by Gasteiger charge is 2.20. The molecule has 5 nitrogen and oxygen atoms in total. The van der Waals surface area contributed by atoms with E-state index in [1.807, 2.05) is 36.9 Å². The minimum Gasteiger partial charge on any atom is -0.337 e. The van der Waals surface area contributed by atoms with Gasteiger partial charge in [-0.15, -0.1) is 0 Å². The number of aromatic nitrogens is 2. The van der Waals surface area contributed by atoms with Crippen LogP contribution in [0.15, 0.2) is 28.7 Å². The van der Waals surface area contributed by atoms with E-state index >= 15 is 0 Å². The van der Waals surface area contributed by atoms with E-state index in [-0.39, 0.29) is 5.91 Å². The Morgan fingerprint density at radius 1 is 1.12 bits per heavy atom. The van der Waals surface area contributed by atoms with Gasteiger partial charge >= 0.3 is 0 Å². The predicted octanol–water partition coefficient (Wildman–Crippen LogP) is 4.23. The highest BCUT2D eigenvalue weighted by molar-refractivity contribution is 9.10. The molecule has 1 aromatic carbocycles. The third-order valence-electron chi connectivity index (χ3n) is 4.09. The molecule has 0 radical (unpaired) electrons. The summed E-state index contributed by atoms with van der Waals surface area (Å²) in [4.78, 5) is 23.4. The molecule has 0 bridgehead atoms. The van der Waals surface area contributed by atoms with Crippen molar-refractivity contribution in [3.63, 3.8) is 0 Å². The van der Waals surface area contributed by atoms with Gasteiger partial charge in [0.25, 0.3) is 5.91 Å². The number of benzene rings is 1. The number of nitrogens with one attached hydrogen (secondary N) is 1. The molecule has 1 amide bonds. The van der Waals surface area contributed by atoms with Gasteiger partial charge in [-0.2, -0.15) is 0 Å². The first kappa shape index (κ1) is 16.9. The lowest BCUT2D eigenvalue weighted by atomic mass is 10.1. The van der Waals surface area contributed by atoms with Crippen molar-refractivity contribution >= 4 is 33.5 Å². The molecule has 1 aliphatic heterocycles. The van der Waals surface area contributed by atoms with Crippen molar-refractivity contribution in [1.82, 2.24) is 14.9 Å². The van der Waals surface area contributed by atoms with Crippen molar-refractivity contribution in [2.24, 2.45) is 0 Å². The Morgan fingerprint density at radius 2 is 1.88 bits per heavy atom. The van der Waals surface area contributed by atoms with Crippen molar-refractivity contribution < 1.29 is 4.79 Å². The average Bonchev–Trinajstić information content (AvgIpc) is 2.57. The van der Waals surface area contributed by atoms with Gasteiger partial charge in [-0.3, -0.25) is 4.79 Å². The second-order valence-electron chi connectivity index (χ2n) is 6.18. The zero-order chi connectivity index (χ0) is 17.1. The Labute approximate surface area is 150 Å². The van der Waals surface area contributed by atoms with Crippen LogP contribution in [0.25, 0.3) is 0 Å². The van der Waals surface area contributed by atoms with Gasteiger partial charge in [0.2, 0.25) is 5.95 Å². The maximum Gasteiger partial charge on any atom is 0.272 e. The van der Waals surface area contributed by atoms with Crippen LogP contribution < -0.4 is 5.32 Å². The van der Waals surface area contributed by atoms with Crippen LogP contribution in [-0.4, -0.2) is 33.9 Å². The van der Waals surface area contributed by atoms with Gasteiger partial charge in [0.1, 0.15) is 5.69 Å². The van der Waals surface area contributed by atoms with Crippen molar-refractivity contribution in [3.8, 4) is 0 Å². The van der Waals surface area contributed by atoms with E-state index in [0.717, 1.165) is 41.8 Å². The summed E-state index contributed by atoms with van der Waals surface area (Å²) in [5, 5.41) is 3.20. The maximum atomic E-state index is 12.7. The standard InChI is InChI=1S/C18H21BrN4O/c1-12-6-7-15(14(19)10-12)21-18-20-13(2)11-16(22-18)17(24)23-8-4-3-5-9-23/h6-7,10-11H,3-5,8-9H2,1-2H3,(H,20,21,22). The fourth-order valence-corrected chi connectivity index (χ4v) is 3.43. The van der Waals surface area contributed by atoms with Gasteiger partial charge in [-0.25, -0.2) is 9.97 Å². The largest absolute Gasteiger partial charge is 0.337 e. The Bertz CT molecular complexity index is 757. The monoisotopic (exact) mass is 388 g/mol. The first-order valence-electron chi connectivity index (χ1n) is 8.21. The predicted molar refractivity (Wildman–Crippen MR) is 98.7 cm³/mol. The summed E-state index contributed by atoms with van der Waals surface area (Å²) in [6, 6.07) is 7.77. The van der Waals surface area contributed by atoms with Gasteiger partial charge in [-0.1, -0.05) is 6.07 Å². The molecule has 6 heteroatoms. The van der Waals surface area contributed by atoms with Crippen LogP contribution in [0.1, 0.15) is 41.0 Å². The van der Waals surface area contributed by atoms with E-state index in [9.17, 15) is 4.79 Å². The zero-order valence-electron chi connectivity index (χ0n) is 14.0. The molecule has 1 N–H and O–H groups in total. The van der Waals surface area contributed by atoms with E-state index in [0.29, 0.717) is 11.6 Å². The lowest BCUT2D eigenvalue weighted by Gasteiger charge is -2.26. The van der Waals surface area contributed by atoms with Crippen LogP contribution in [-0.2, 0) is 0 Å². The van der Waals surface area contributed by atoms with Crippen LogP contribution >= 0.6 is 15.9 Å². The molecule has 0 saturated carbocycles. The number of halogens is 1. The second-order valence-corrected chi connectivity index (χ2v) is 7.03. The number of nitrogens with zero attached hydrogens (tertiary/aromatic N) is 3. The molecule has 1 aromatic heterocycles. The number of likely N-dealkylation sites (tertiary alicyclic amines) is 1. The molecular formula is C18H21BrN4O. The average molecular weight is 389 g/mol. The summed E-state index contributed by atoms with van der Waals surface area (Å²) in [5.74, 6) is 0.436. The van der Waals surface area contributed by atoms with E-state index in [1.165, 1.54) is 12.0 Å². The lowest BCUT2D eigenvalue weighted by molar-refractivity contribution is 0.0718. The maximum absolute atomic E-state index is 12.7. The Kier molecular flexibility index (Phi) is 5.14. The Balaban J connectivity index is 1.84. The summed E-state index contributed by atoms with van der Waals surface area (Å²) >= 11 is 3.54. The molecule has 2 heterocycles. The molecule has 24 heavy (non-hydrogen) atoms. The van der Waals surface area contributed by atoms with Crippen LogP contribution in [0.3, 0.4) is 0 Å². The van der Waals surface area contributed by atoms with Crippen molar-refractivity contribution in [1.29, 1.82) is 0 Å². The minimum absolute atomic E-state index is 0.00813. The third kappa shape index (κ3) is 3.93. The van der Waals surface area contributed by atoms with Gasteiger partial charge in [0, 0.05) is 23.3 Å². The van der Waals surface area contributed by atoms with Crippen molar-refractivity contribution in [2.75, 3.05) is 18.4 Å². The molecule has 126 valence electrons. The van der Waals surface area contributed by atoms with Crippen molar-refractivity contribution in [2.45, 2.75) is 33.1 Å². The molecule has 0 unspecified atom stereocenters. The Hall–Kier alpha value is -1.95. The molecule has 3 rings (SSSR count). The number of rotatable bonds is 3. The van der Waals surface area contributed by atoms with Gasteiger partial charge in [0.05, 0.1) is 5.69 Å². The smallest absolute Gasteiger partial charge is 0.272 e. The number of carbonyl (C=O) groups excluding carboxylic acids is 1. The zero-order valence-corrected chi connectivity index (χ0v) is 15.6. The molecule has 2 aromatic rings. The summed E-state index contributed by atoms with van der Waals surface area (Å²) in [5.41, 5.74) is 3.27. The van der Waals surface area contributed by atoms with Crippen LogP contribution in [0.2, 0.25) is 0 Å². The number of aryl methyl sites for hydroxylation is 2. The topological polar surface area (TPSA) is 58.1 Å². The highest BCUT2D eigenvalue weighted by atomic mass is 79.9. The summed E-state index contributed by atoms with van der Waals surface area (Å²) in [6.45, 7) is 5.54. The SMILES string of the molecule is Cc1ccc(Nc2nc(C)cc(C(=O)N3CCCCC3)n2)c(Br)c1. The molecule has 1 aliphatic rings. The van der Waals surface area contributed by atoms with E-state index in [4.69, 9.17) is 0 Å². The Morgan fingerprint density at radius 3 is 2.58 bits per heavy atom. The van der Waals surface area contributed by atoms with E-state index < -0.39 is 0 Å². The number of piperidine rings is 1. The fourth-order valence-electron chi connectivity index (χ4n) is 2.83. The first-order valence-corrected chi connectivity index (χ1v) is 9.00. The van der Waals surface area contributed by atoms with Crippen LogP contribution in [0.5, 0.6) is 0 Å². The molecular weight excluding hydrogens is 368 g/mol. The van der Waals surface area contributed by atoms with Crippen molar-refractivity contribution in [3.05, 3.63) is 45.7 Å². The van der Waals surface area contributed by atoms with Gasteiger partial charge in [-0.05, 0) is 72.8 Å². The molecule has 0 aliphatic carbocycles. The first-order chi connectivity index (χ1) is 11.5. The number of hydrogen-bond donors (Lipinski definition) is 1. The van der Waals surface area contributed by atoms with Crippen LogP contribution in [0.4, 0.5) is 11.6 Å². The fraction of sp³-hybridized carbons (Fsp3) is 0.389. The number of anilines is 2. The summed E-state index contributed by atoms with van der Waals surface area (Å²) < 4.78 is 0.941. The number of amides is 1.